The topological polar surface area (TPSA) is 44.6 Å². The van der Waals surface area contributed by atoms with Gasteiger partial charge in [-0.2, -0.15) is 5.10 Å². The molecule has 0 atom stereocenters. The van der Waals surface area contributed by atoms with Crippen LogP contribution in [0.3, 0.4) is 0 Å². The number of phenols is 1. The number of hydrogen-bond donors (Lipinski definition) is 2. The molecule has 2 N–H and O–H groups in total. The first-order valence-corrected chi connectivity index (χ1v) is 6.06. The minimum absolute atomic E-state index is 0.272. The summed E-state index contributed by atoms with van der Waals surface area (Å²) in [5.74, 6) is 0.272. The molecule has 0 aliphatic heterocycles. The summed E-state index contributed by atoms with van der Waals surface area (Å²) in [7, 11) is 0. The number of hydrazone groups is 1. The zero-order valence-corrected chi connectivity index (χ0v) is 10.7. The molecule has 2 aromatic carbocycles. The van der Waals surface area contributed by atoms with E-state index in [1.54, 1.807) is 12.1 Å². The van der Waals surface area contributed by atoms with Gasteiger partial charge in [-0.3, -0.25) is 5.43 Å². The zero-order valence-electron chi connectivity index (χ0n) is 10.7. The van der Waals surface area contributed by atoms with Crippen molar-refractivity contribution in [2.24, 2.45) is 5.10 Å². The van der Waals surface area contributed by atoms with Crippen LogP contribution in [0.15, 0.2) is 65.8 Å². The molecule has 0 aromatic heterocycles. The van der Waals surface area contributed by atoms with Crippen LogP contribution in [0.2, 0.25) is 0 Å². The number of anilines is 1. The van der Waals surface area contributed by atoms with Crippen LogP contribution < -0.4 is 5.43 Å². The number of nitrogens with zero attached hydrogens (tertiary/aromatic N) is 1. The smallest absolute Gasteiger partial charge is 0.115 e. The summed E-state index contributed by atoms with van der Waals surface area (Å²) in [6.45, 7) is 1.92. The van der Waals surface area contributed by atoms with Gasteiger partial charge in [0.15, 0.2) is 0 Å². The highest BCUT2D eigenvalue weighted by Gasteiger charge is 1.90. The van der Waals surface area contributed by atoms with E-state index < -0.39 is 0 Å². The Labute approximate surface area is 112 Å². The summed E-state index contributed by atoms with van der Waals surface area (Å²) in [5.41, 5.74) is 5.84. The standard InChI is InChI=1S/C16H16N2O/c1-13(17-18-15-5-3-2-4-6-15)7-8-14-9-11-16(19)12-10-14/h2-12,18-19H,1H3/b8-7-,17-13+. The van der Waals surface area contributed by atoms with Crippen molar-refractivity contribution in [3.05, 3.63) is 66.2 Å². The van der Waals surface area contributed by atoms with E-state index in [1.807, 2.05) is 61.5 Å². The molecule has 0 unspecified atom stereocenters. The Morgan fingerprint density at radius 2 is 1.74 bits per heavy atom. The Balaban J connectivity index is 1.96. The van der Waals surface area contributed by atoms with Gasteiger partial charge in [-0.25, -0.2) is 0 Å². The first kappa shape index (κ1) is 12.9. The predicted octanol–water partition coefficient (Wildman–Crippen LogP) is 3.89. The van der Waals surface area contributed by atoms with Gasteiger partial charge in [0.05, 0.1) is 11.4 Å². The van der Waals surface area contributed by atoms with Crippen molar-refractivity contribution in [1.29, 1.82) is 0 Å². The molecule has 3 nitrogen and oxygen atoms in total. The SMILES string of the molecule is CC(/C=C\c1ccc(O)cc1)=N\Nc1ccccc1. The number of nitrogens with one attached hydrogen (secondary N) is 1. The van der Waals surface area contributed by atoms with Gasteiger partial charge >= 0.3 is 0 Å². The van der Waals surface area contributed by atoms with Crippen LogP contribution in [0.5, 0.6) is 5.75 Å². The van der Waals surface area contributed by atoms with Crippen molar-refractivity contribution in [1.82, 2.24) is 0 Å². The summed E-state index contributed by atoms with van der Waals surface area (Å²) in [5, 5.41) is 13.4. The predicted molar refractivity (Wildman–Crippen MR) is 80.3 cm³/mol. The highest BCUT2D eigenvalue weighted by Crippen LogP contribution is 2.11. The van der Waals surface area contributed by atoms with Crippen molar-refractivity contribution >= 4 is 17.5 Å². The Bertz CT molecular complexity index is 571. The van der Waals surface area contributed by atoms with Crippen LogP contribution in [0.25, 0.3) is 6.08 Å². The van der Waals surface area contributed by atoms with Gasteiger partial charge in [0.2, 0.25) is 0 Å². The Morgan fingerprint density at radius 3 is 2.42 bits per heavy atom. The maximum absolute atomic E-state index is 9.19. The van der Waals surface area contributed by atoms with Gasteiger partial charge in [-0.15, -0.1) is 0 Å². The summed E-state index contributed by atoms with van der Waals surface area (Å²) in [4.78, 5) is 0. The lowest BCUT2D eigenvalue weighted by Crippen LogP contribution is -1.93. The van der Waals surface area contributed by atoms with E-state index >= 15 is 0 Å². The van der Waals surface area contributed by atoms with Gasteiger partial charge in [0.25, 0.3) is 0 Å². The lowest BCUT2D eigenvalue weighted by molar-refractivity contribution is 0.475. The Hall–Kier alpha value is -2.55. The highest BCUT2D eigenvalue weighted by molar-refractivity contribution is 5.96. The van der Waals surface area contributed by atoms with Crippen LogP contribution in [0.4, 0.5) is 5.69 Å². The van der Waals surface area contributed by atoms with Crippen molar-refractivity contribution in [3.63, 3.8) is 0 Å². The Morgan fingerprint density at radius 1 is 1.05 bits per heavy atom. The van der Waals surface area contributed by atoms with Crippen LogP contribution in [-0.4, -0.2) is 10.8 Å². The molecule has 19 heavy (non-hydrogen) atoms. The van der Waals surface area contributed by atoms with Crippen molar-refractivity contribution in [3.8, 4) is 5.75 Å². The van der Waals surface area contributed by atoms with E-state index in [2.05, 4.69) is 10.5 Å². The number of allylic oxidation sites excluding steroid dienone is 1. The maximum Gasteiger partial charge on any atom is 0.115 e. The molecule has 96 valence electrons. The Kier molecular flexibility index (Phi) is 4.34. The van der Waals surface area contributed by atoms with Crippen LogP contribution in [0.1, 0.15) is 12.5 Å². The third-order valence-electron chi connectivity index (χ3n) is 2.55. The average Bonchev–Trinajstić information content (AvgIpc) is 2.45. The van der Waals surface area contributed by atoms with E-state index in [9.17, 15) is 5.11 Å². The van der Waals surface area contributed by atoms with Gasteiger partial charge in [0, 0.05) is 0 Å². The van der Waals surface area contributed by atoms with Crippen molar-refractivity contribution in [2.45, 2.75) is 6.92 Å². The molecule has 0 radical (unpaired) electrons. The first-order chi connectivity index (χ1) is 9.24. The normalized spacial score (nSPS) is 11.7. The number of benzene rings is 2. The van der Waals surface area contributed by atoms with Crippen molar-refractivity contribution < 1.29 is 5.11 Å². The van der Waals surface area contributed by atoms with Gasteiger partial charge in [-0.05, 0) is 42.8 Å². The highest BCUT2D eigenvalue weighted by atomic mass is 16.3. The minimum Gasteiger partial charge on any atom is -0.508 e. The fraction of sp³-hybridized carbons (Fsp3) is 0.0625. The van der Waals surface area contributed by atoms with Crippen molar-refractivity contribution in [2.75, 3.05) is 5.43 Å². The van der Waals surface area contributed by atoms with Crippen LogP contribution in [-0.2, 0) is 0 Å². The second-order valence-corrected chi connectivity index (χ2v) is 4.16. The van der Waals surface area contributed by atoms with Crippen LogP contribution >= 0.6 is 0 Å². The van der Waals surface area contributed by atoms with E-state index in [1.165, 1.54) is 0 Å². The molecule has 0 spiro atoms. The summed E-state index contributed by atoms with van der Waals surface area (Å²) >= 11 is 0. The molecular weight excluding hydrogens is 236 g/mol. The summed E-state index contributed by atoms with van der Waals surface area (Å²) in [6.07, 6.45) is 3.87. The molecule has 3 heteroatoms. The monoisotopic (exact) mass is 252 g/mol. The number of hydrogen-bond acceptors (Lipinski definition) is 3. The summed E-state index contributed by atoms with van der Waals surface area (Å²) in [6, 6.07) is 16.8. The molecule has 2 rings (SSSR count). The van der Waals surface area contributed by atoms with Crippen LogP contribution in [0, 0.1) is 0 Å². The van der Waals surface area contributed by atoms with Gasteiger partial charge in [0.1, 0.15) is 5.75 Å². The number of phenolic OH excluding ortho intramolecular Hbond substituents is 1. The summed E-state index contributed by atoms with van der Waals surface area (Å²) < 4.78 is 0. The first-order valence-electron chi connectivity index (χ1n) is 6.06. The largest absolute Gasteiger partial charge is 0.508 e. The molecule has 2 aromatic rings. The number of rotatable bonds is 4. The molecule has 0 amide bonds. The third kappa shape index (κ3) is 4.32. The molecule has 0 heterocycles. The van der Waals surface area contributed by atoms with E-state index in [0.29, 0.717) is 0 Å². The second-order valence-electron chi connectivity index (χ2n) is 4.16. The fourth-order valence-corrected chi connectivity index (χ4v) is 1.50. The molecule has 0 saturated carbocycles. The lowest BCUT2D eigenvalue weighted by Gasteiger charge is -2.00. The minimum atomic E-state index is 0.272. The molecule has 0 aliphatic carbocycles. The van der Waals surface area contributed by atoms with E-state index in [-0.39, 0.29) is 5.75 Å². The van der Waals surface area contributed by atoms with Gasteiger partial charge < -0.3 is 5.11 Å². The molecule has 0 saturated heterocycles. The average molecular weight is 252 g/mol. The molecule has 0 aliphatic rings. The number of para-hydroxylation sites is 1. The molecule has 0 bridgehead atoms. The zero-order chi connectivity index (χ0) is 13.5. The van der Waals surface area contributed by atoms with E-state index in [0.717, 1.165) is 17.0 Å². The third-order valence-corrected chi connectivity index (χ3v) is 2.55. The lowest BCUT2D eigenvalue weighted by atomic mass is 10.2. The van der Waals surface area contributed by atoms with Gasteiger partial charge in [-0.1, -0.05) is 36.4 Å². The van der Waals surface area contributed by atoms with E-state index in [4.69, 9.17) is 0 Å². The fourth-order valence-electron chi connectivity index (χ4n) is 1.50. The molecular formula is C16H16N2O. The molecule has 0 fully saturated rings. The maximum atomic E-state index is 9.19. The quantitative estimate of drug-likeness (QED) is 0.640. The second kappa shape index (κ2) is 6.40. The number of aromatic hydroxyl groups is 1.